The molecule has 0 amide bonds. The minimum absolute atomic E-state index is 0.421. The van der Waals surface area contributed by atoms with Gasteiger partial charge in [-0.2, -0.15) is 0 Å². The van der Waals surface area contributed by atoms with Crippen molar-refractivity contribution in [1.82, 2.24) is 0 Å². The average Bonchev–Trinajstić information content (AvgIpc) is 2.55. The zero-order valence-corrected chi connectivity index (χ0v) is 13.5. The van der Waals surface area contributed by atoms with Crippen molar-refractivity contribution < 1.29 is 0 Å². The van der Waals surface area contributed by atoms with E-state index in [2.05, 4.69) is 36.1 Å². The Morgan fingerprint density at radius 3 is 2.71 bits per heavy atom. The van der Waals surface area contributed by atoms with Crippen LogP contribution in [0.25, 0.3) is 0 Å². The van der Waals surface area contributed by atoms with Gasteiger partial charge in [-0.25, -0.2) is 0 Å². The van der Waals surface area contributed by atoms with Crippen LogP contribution >= 0.6 is 0 Å². The van der Waals surface area contributed by atoms with Gasteiger partial charge in [-0.15, -0.1) is 0 Å². The molecule has 2 aliphatic rings. The molecule has 2 nitrogen and oxygen atoms in total. The van der Waals surface area contributed by atoms with Crippen LogP contribution in [-0.2, 0) is 6.42 Å². The monoisotopic (exact) mass is 286 g/mol. The molecule has 0 saturated heterocycles. The summed E-state index contributed by atoms with van der Waals surface area (Å²) in [6.07, 6.45) is 10.6. The summed E-state index contributed by atoms with van der Waals surface area (Å²) in [5.74, 6) is 0. The van der Waals surface area contributed by atoms with Gasteiger partial charge in [-0.3, -0.25) is 0 Å². The fourth-order valence-corrected chi connectivity index (χ4v) is 4.32. The molecule has 1 fully saturated rings. The first-order valence-electron chi connectivity index (χ1n) is 8.79. The van der Waals surface area contributed by atoms with E-state index in [1.807, 2.05) is 0 Å². The molecular formula is C19H30N2. The highest BCUT2D eigenvalue weighted by molar-refractivity contribution is 5.56. The molecule has 1 atom stereocenters. The van der Waals surface area contributed by atoms with Crippen LogP contribution in [0.1, 0.15) is 57.4 Å². The SMILES string of the molecule is CC1CCc2ccccc2N1CCC1(CN)CCCCC1. The largest absolute Gasteiger partial charge is 0.369 e. The predicted octanol–water partition coefficient (Wildman–Crippen LogP) is 4.13. The number of para-hydroxylation sites is 1. The van der Waals surface area contributed by atoms with Gasteiger partial charge >= 0.3 is 0 Å². The molecular weight excluding hydrogens is 256 g/mol. The van der Waals surface area contributed by atoms with Crippen molar-refractivity contribution in [1.29, 1.82) is 0 Å². The van der Waals surface area contributed by atoms with Crippen molar-refractivity contribution in [3.8, 4) is 0 Å². The van der Waals surface area contributed by atoms with Gasteiger partial charge in [-0.05, 0) is 62.6 Å². The van der Waals surface area contributed by atoms with Gasteiger partial charge in [0.25, 0.3) is 0 Å². The van der Waals surface area contributed by atoms with Gasteiger partial charge in [0.2, 0.25) is 0 Å². The van der Waals surface area contributed by atoms with Crippen LogP contribution in [0.5, 0.6) is 0 Å². The van der Waals surface area contributed by atoms with E-state index in [0.717, 1.165) is 6.54 Å². The summed E-state index contributed by atoms with van der Waals surface area (Å²) in [7, 11) is 0. The lowest BCUT2D eigenvalue weighted by atomic mass is 9.71. The van der Waals surface area contributed by atoms with Gasteiger partial charge in [0, 0.05) is 18.3 Å². The number of hydrogen-bond donors (Lipinski definition) is 1. The molecule has 2 N–H and O–H groups in total. The third-order valence-electron chi connectivity index (χ3n) is 5.89. The maximum atomic E-state index is 6.16. The van der Waals surface area contributed by atoms with Crippen molar-refractivity contribution in [2.75, 3.05) is 18.0 Å². The summed E-state index contributed by atoms with van der Waals surface area (Å²) in [6, 6.07) is 9.63. The van der Waals surface area contributed by atoms with Crippen molar-refractivity contribution in [3.63, 3.8) is 0 Å². The highest BCUT2D eigenvalue weighted by Gasteiger charge is 2.32. The minimum atomic E-state index is 0.421. The third kappa shape index (κ3) is 3.11. The Morgan fingerprint density at radius 1 is 1.19 bits per heavy atom. The van der Waals surface area contributed by atoms with E-state index in [1.165, 1.54) is 69.2 Å². The molecule has 0 spiro atoms. The lowest BCUT2D eigenvalue weighted by Crippen LogP contribution is -2.42. The predicted molar refractivity (Wildman–Crippen MR) is 90.8 cm³/mol. The normalized spacial score (nSPS) is 24.7. The number of hydrogen-bond acceptors (Lipinski definition) is 2. The van der Waals surface area contributed by atoms with Gasteiger partial charge in [-0.1, -0.05) is 37.5 Å². The standard InChI is InChI=1S/C19H30N2/c1-16-9-10-17-7-3-4-8-18(17)21(16)14-13-19(15-20)11-5-2-6-12-19/h3-4,7-8,16H,2,5-6,9-15,20H2,1H3. The number of aryl methyl sites for hydroxylation is 1. The van der Waals surface area contributed by atoms with Crippen molar-refractivity contribution in [3.05, 3.63) is 29.8 Å². The van der Waals surface area contributed by atoms with E-state index in [1.54, 1.807) is 0 Å². The maximum absolute atomic E-state index is 6.16. The second kappa shape index (κ2) is 6.39. The topological polar surface area (TPSA) is 29.3 Å². The van der Waals surface area contributed by atoms with E-state index in [9.17, 15) is 0 Å². The van der Waals surface area contributed by atoms with Crippen LogP contribution in [0.15, 0.2) is 24.3 Å². The van der Waals surface area contributed by atoms with Crippen molar-refractivity contribution >= 4 is 5.69 Å². The first-order chi connectivity index (χ1) is 10.2. The Morgan fingerprint density at radius 2 is 1.95 bits per heavy atom. The highest BCUT2D eigenvalue weighted by atomic mass is 15.2. The Bertz CT molecular complexity index is 462. The molecule has 2 heteroatoms. The summed E-state index contributed by atoms with van der Waals surface area (Å²) in [4.78, 5) is 2.64. The summed E-state index contributed by atoms with van der Waals surface area (Å²) in [5.41, 5.74) is 9.59. The second-order valence-electron chi connectivity index (χ2n) is 7.22. The summed E-state index contributed by atoms with van der Waals surface area (Å²) >= 11 is 0. The molecule has 1 aliphatic carbocycles. The Kier molecular flexibility index (Phi) is 4.54. The van der Waals surface area contributed by atoms with Crippen LogP contribution in [-0.4, -0.2) is 19.1 Å². The quantitative estimate of drug-likeness (QED) is 0.902. The van der Waals surface area contributed by atoms with Crippen molar-refractivity contribution in [2.24, 2.45) is 11.1 Å². The summed E-state index contributed by atoms with van der Waals surface area (Å²) < 4.78 is 0. The molecule has 1 unspecified atom stereocenters. The van der Waals surface area contributed by atoms with E-state index < -0.39 is 0 Å². The Labute approximate surface area is 129 Å². The molecule has 3 rings (SSSR count). The fourth-order valence-electron chi connectivity index (χ4n) is 4.32. The molecule has 0 bridgehead atoms. The number of fused-ring (bicyclic) bond motifs is 1. The van der Waals surface area contributed by atoms with Crippen LogP contribution < -0.4 is 10.6 Å². The fraction of sp³-hybridized carbons (Fsp3) is 0.684. The molecule has 0 radical (unpaired) electrons. The Hall–Kier alpha value is -1.02. The summed E-state index contributed by atoms with van der Waals surface area (Å²) in [6.45, 7) is 4.43. The lowest BCUT2D eigenvalue weighted by molar-refractivity contribution is 0.183. The minimum Gasteiger partial charge on any atom is -0.369 e. The van der Waals surface area contributed by atoms with E-state index in [4.69, 9.17) is 5.73 Å². The van der Waals surface area contributed by atoms with Crippen LogP contribution in [0.3, 0.4) is 0 Å². The maximum Gasteiger partial charge on any atom is 0.0401 e. The number of nitrogens with zero attached hydrogens (tertiary/aromatic N) is 1. The summed E-state index contributed by atoms with van der Waals surface area (Å²) in [5, 5.41) is 0. The zero-order valence-electron chi connectivity index (χ0n) is 13.5. The molecule has 1 aromatic carbocycles. The average molecular weight is 286 g/mol. The molecule has 1 heterocycles. The molecule has 0 aromatic heterocycles. The van der Waals surface area contributed by atoms with E-state index in [-0.39, 0.29) is 0 Å². The lowest BCUT2D eigenvalue weighted by Gasteiger charge is -2.42. The van der Waals surface area contributed by atoms with Gasteiger partial charge in [0.05, 0.1) is 0 Å². The Balaban J connectivity index is 1.72. The second-order valence-corrected chi connectivity index (χ2v) is 7.22. The number of anilines is 1. The van der Waals surface area contributed by atoms with E-state index in [0.29, 0.717) is 11.5 Å². The smallest absolute Gasteiger partial charge is 0.0401 e. The van der Waals surface area contributed by atoms with Gasteiger partial charge < -0.3 is 10.6 Å². The number of rotatable bonds is 4. The number of benzene rings is 1. The van der Waals surface area contributed by atoms with Crippen LogP contribution in [0.4, 0.5) is 5.69 Å². The molecule has 1 aromatic rings. The molecule has 21 heavy (non-hydrogen) atoms. The van der Waals surface area contributed by atoms with E-state index >= 15 is 0 Å². The van der Waals surface area contributed by atoms with Crippen LogP contribution in [0.2, 0.25) is 0 Å². The highest BCUT2D eigenvalue weighted by Crippen LogP contribution is 2.40. The van der Waals surface area contributed by atoms with Crippen LogP contribution in [0, 0.1) is 5.41 Å². The molecule has 1 aliphatic heterocycles. The van der Waals surface area contributed by atoms with Gasteiger partial charge in [0.15, 0.2) is 0 Å². The molecule has 1 saturated carbocycles. The first-order valence-corrected chi connectivity index (χ1v) is 8.79. The first kappa shape index (κ1) is 14.9. The molecule has 116 valence electrons. The third-order valence-corrected chi connectivity index (χ3v) is 5.89. The van der Waals surface area contributed by atoms with Crippen molar-refractivity contribution in [2.45, 2.75) is 64.3 Å². The van der Waals surface area contributed by atoms with Gasteiger partial charge in [0.1, 0.15) is 0 Å². The zero-order chi connectivity index (χ0) is 14.7. The number of nitrogens with two attached hydrogens (primary N) is 1.